The molecule has 0 bridgehead atoms. The van der Waals surface area contributed by atoms with Crippen LogP contribution in [0.5, 0.6) is 0 Å². The average Bonchev–Trinajstić information content (AvgIpc) is 3.04. The minimum absolute atomic E-state index is 0. The van der Waals surface area contributed by atoms with Crippen LogP contribution in [0.3, 0.4) is 0 Å². The van der Waals surface area contributed by atoms with Gasteiger partial charge in [-0.1, -0.05) is 21.1 Å². The van der Waals surface area contributed by atoms with Crippen LogP contribution in [0.4, 0.5) is 0 Å². The van der Waals surface area contributed by atoms with Crippen LogP contribution in [0, 0.1) is 0 Å². The Labute approximate surface area is 136 Å². The summed E-state index contributed by atoms with van der Waals surface area (Å²) in [6.45, 7) is 2.06. The molecule has 21 heavy (non-hydrogen) atoms. The highest BCUT2D eigenvalue weighted by molar-refractivity contribution is 9.10. The van der Waals surface area contributed by atoms with Gasteiger partial charge in [0.15, 0.2) is 11.6 Å². The van der Waals surface area contributed by atoms with E-state index in [4.69, 9.17) is 8.94 Å². The first-order chi connectivity index (χ1) is 9.65. The first-order valence-corrected chi connectivity index (χ1v) is 7.14. The maximum absolute atomic E-state index is 5.72. The summed E-state index contributed by atoms with van der Waals surface area (Å²) >= 11 is 3.44. The predicted octanol–water partition coefficient (Wildman–Crippen LogP) is 3.82. The largest absolute Gasteiger partial charge is 0.451 e. The summed E-state index contributed by atoms with van der Waals surface area (Å²) in [7, 11) is 1.91. The zero-order valence-electron chi connectivity index (χ0n) is 11.6. The molecule has 0 aliphatic heterocycles. The molecule has 0 aliphatic carbocycles. The van der Waals surface area contributed by atoms with Gasteiger partial charge >= 0.3 is 0 Å². The summed E-state index contributed by atoms with van der Waals surface area (Å²) in [5.41, 5.74) is 0.798. The van der Waals surface area contributed by atoms with E-state index in [0.29, 0.717) is 29.9 Å². The van der Waals surface area contributed by atoms with Crippen LogP contribution in [0.1, 0.15) is 12.7 Å². The lowest BCUT2D eigenvalue weighted by Gasteiger charge is -2.04. The van der Waals surface area contributed by atoms with Gasteiger partial charge in [-0.3, -0.25) is 0 Å². The number of likely N-dealkylation sites (N-methyl/N-ethyl adjacent to an activating group) is 1. The lowest BCUT2D eigenvalue weighted by molar-refractivity contribution is 0.408. The number of aromatic nitrogens is 2. The fourth-order valence-electron chi connectivity index (χ4n) is 1.93. The predicted molar refractivity (Wildman–Crippen MR) is 86.7 cm³/mol. The molecule has 0 saturated heterocycles. The first kappa shape index (κ1) is 16.0. The number of hydrogen-bond acceptors (Lipinski definition) is 5. The van der Waals surface area contributed by atoms with Crippen molar-refractivity contribution in [1.29, 1.82) is 0 Å². The summed E-state index contributed by atoms with van der Waals surface area (Å²) in [6, 6.07) is 8.03. The van der Waals surface area contributed by atoms with Gasteiger partial charge in [0.1, 0.15) is 5.58 Å². The van der Waals surface area contributed by atoms with Crippen LogP contribution in [-0.2, 0) is 6.42 Å². The average molecular weight is 373 g/mol. The highest BCUT2D eigenvalue weighted by atomic mass is 79.9. The van der Waals surface area contributed by atoms with E-state index in [2.05, 4.69) is 38.3 Å². The second-order valence-electron chi connectivity index (χ2n) is 4.70. The molecular weight excluding hydrogens is 358 g/mol. The number of fused-ring (bicyclic) bond motifs is 1. The summed E-state index contributed by atoms with van der Waals surface area (Å²) in [5, 5.41) is 8.11. The van der Waals surface area contributed by atoms with Crippen molar-refractivity contribution in [3.63, 3.8) is 0 Å². The molecule has 0 saturated carbocycles. The molecule has 1 aromatic carbocycles. The molecule has 5 nitrogen and oxygen atoms in total. The van der Waals surface area contributed by atoms with Gasteiger partial charge in [-0.25, -0.2) is 0 Å². The SMILES string of the molecule is CNC(C)Cc1noc(-c2cc3cc(Br)ccc3o2)n1.Cl. The molecule has 0 aliphatic rings. The van der Waals surface area contributed by atoms with Crippen molar-refractivity contribution in [2.75, 3.05) is 7.05 Å². The van der Waals surface area contributed by atoms with Gasteiger partial charge in [0.05, 0.1) is 0 Å². The van der Waals surface area contributed by atoms with Gasteiger partial charge < -0.3 is 14.3 Å². The molecule has 0 spiro atoms. The molecule has 2 aromatic heterocycles. The minimum atomic E-state index is 0. The molecule has 0 amide bonds. The Morgan fingerprint density at radius 2 is 2.14 bits per heavy atom. The van der Waals surface area contributed by atoms with E-state index in [-0.39, 0.29) is 12.4 Å². The number of nitrogens with zero attached hydrogens (tertiary/aromatic N) is 2. The fraction of sp³-hybridized carbons (Fsp3) is 0.286. The number of halogens is 2. The van der Waals surface area contributed by atoms with Crippen LogP contribution in [-0.4, -0.2) is 23.2 Å². The number of rotatable bonds is 4. The quantitative estimate of drug-likeness (QED) is 0.754. The smallest absolute Gasteiger partial charge is 0.293 e. The van der Waals surface area contributed by atoms with Gasteiger partial charge in [0.25, 0.3) is 5.89 Å². The van der Waals surface area contributed by atoms with Crippen LogP contribution in [0.2, 0.25) is 0 Å². The van der Waals surface area contributed by atoms with E-state index >= 15 is 0 Å². The normalized spacial score (nSPS) is 12.3. The maximum atomic E-state index is 5.72. The van der Waals surface area contributed by atoms with Crippen molar-refractivity contribution in [2.45, 2.75) is 19.4 Å². The number of hydrogen-bond donors (Lipinski definition) is 1. The van der Waals surface area contributed by atoms with Crippen molar-refractivity contribution in [2.24, 2.45) is 0 Å². The Kier molecular flexibility index (Phi) is 5.03. The molecule has 2 heterocycles. The molecule has 3 rings (SSSR count). The molecule has 112 valence electrons. The van der Waals surface area contributed by atoms with Gasteiger partial charge in [0, 0.05) is 22.3 Å². The van der Waals surface area contributed by atoms with Gasteiger partial charge in [-0.05, 0) is 38.2 Å². The van der Waals surface area contributed by atoms with E-state index in [1.807, 2.05) is 31.3 Å². The molecule has 0 fully saturated rings. The number of benzene rings is 1. The standard InChI is InChI=1S/C14H14BrN3O2.ClH/c1-8(16-2)5-13-17-14(20-18-13)12-7-9-6-10(15)3-4-11(9)19-12;/h3-4,6-8,16H,5H2,1-2H3;1H. The van der Waals surface area contributed by atoms with Crippen molar-refractivity contribution >= 4 is 39.3 Å². The first-order valence-electron chi connectivity index (χ1n) is 6.35. The lowest BCUT2D eigenvalue weighted by atomic mass is 10.2. The second kappa shape index (κ2) is 6.60. The molecule has 3 aromatic rings. The summed E-state index contributed by atoms with van der Waals surface area (Å²) < 4.78 is 12.0. The van der Waals surface area contributed by atoms with E-state index in [9.17, 15) is 0 Å². The van der Waals surface area contributed by atoms with E-state index in [0.717, 1.165) is 15.4 Å². The van der Waals surface area contributed by atoms with Crippen molar-refractivity contribution in [3.8, 4) is 11.7 Å². The molecule has 1 N–H and O–H groups in total. The zero-order chi connectivity index (χ0) is 14.1. The van der Waals surface area contributed by atoms with Crippen LogP contribution < -0.4 is 5.32 Å². The van der Waals surface area contributed by atoms with E-state index in [1.165, 1.54) is 0 Å². The van der Waals surface area contributed by atoms with Crippen molar-refractivity contribution < 1.29 is 8.94 Å². The molecule has 7 heteroatoms. The third kappa shape index (κ3) is 3.45. The molecular formula is C14H15BrClN3O2. The monoisotopic (exact) mass is 371 g/mol. The lowest BCUT2D eigenvalue weighted by Crippen LogP contribution is -2.24. The Bertz CT molecular complexity index is 741. The van der Waals surface area contributed by atoms with Crippen LogP contribution in [0.25, 0.3) is 22.6 Å². The Hall–Kier alpha value is -1.37. The van der Waals surface area contributed by atoms with E-state index in [1.54, 1.807) is 0 Å². The summed E-state index contributed by atoms with van der Waals surface area (Å²) in [5.74, 6) is 1.67. The topological polar surface area (TPSA) is 64.1 Å². The van der Waals surface area contributed by atoms with Gasteiger partial charge in [0.2, 0.25) is 0 Å². The third-order valence-corrected chi connectivity index (χ3v) is 3.63. The molecule has 0 radical (unpaired) electrons. The van der Waals surface area contributed by atoms with Crippen LogP contribution in [0.15, 0.2) is 37.7 Å². The second-order valence-corrected chi connectivity index (χ2v) is 5.62. The van der Waals surface area contributed by atoms with Crippen molar-refractivity contribution in [1.82, 2.24) is 15.5 Å². The van der Waals surface area contributed by atoms with Crippen molar-refractivity contribution in [3.05, 3.63) is 34.6 Å². The number of nitrogens with one attached hydrogen (secondary N) is 1. The summed E-state index contributed by atoms with van der Waals surface area (Å²) in [6.07, 6.45) is 0.714. The maximum Gasteiger partial charge on any atom is 0.293 e. The summed E-state index contributed by atoms with van der Waals surface area (Å²) in [4.78, 5) is 4.36. The van der Waals surface area contributed by atoms with E-state index < -0.39 is 0 Å². The Morgan fingerprint density at radius 3 is 2.90 bits per heavy atom. The number of furan rings is 1. The van der Waals surface area contributed by atoms with Gasteiger partial charge in [-0.2, -0.15) is 4.98 Å². The third-order valence-electron chi connectivity index (χ3n) is 3.14. The molecule has 1 atom stereocenters. The zero-order valence-corrected chi connectivity index (χ0v) is 14.0. The van der Waals surface area contributed by atoms with Crippen LogP contribution >= 0.6 is 28.3 Å². The Morgan fingerprint density at radius 1 is 1.33 bits per heavy atom. The van der Waals surface area contributed by atoms with Gasteiger partial charge in [-0.15, -0.1) is 12.4 Å². The molecule has 1 unspecified atom stereocenters. The fourth-order valence-corrected chi connectivity index (χ4v) is 2.31. The highest BCUT2D eigenvalue weighted by Crippen LogP contribution is 2.28. The highest BCUT2D eigenvalue weighted by Gasteiger charge is 2.15. The minimum Gasteiger partial charge on any atom is -0.451 e. The Balaban J connectivity index is 0.00000161.